The molecule has 4 heteroatoms. The van der Waals surface area contributed by atoms with Gasteiger partial charge in [0.05, 0.1) is 20.1 Å². The average molecular weight is 224 g/mol. The van der Waals surface area contributed by atoms with Crippen LogP contribution < -0.4 is 4.74 Å². The van der Waals surface area contributed by atoms with Gasteiger partial charge in [-0.15, -0.1) is 0 Å². The van der Waals surface area contributed by atoms with Crippen molar-refractivity contribution in [1.29, 1.82) is 0 Å². The molecule has 0 aromatic heterocycles. The third kappa shape index (κ3) is 3.90. The summed E-state index contributed by atoms with van der Waals surface area (Å²) >= 11 is 0. The van der Waals surface area contributed by atoms with Crippen molar-refractivity contribution < 1.29 is 19.4 Å². The average Bonchev–Trinajstić information content (AvgIpc) is 2.28. The second-order valence-electron chi connectivity index (χ2n) is 3.51. The molecule has 0 aliphatic heterocycles. The number of ether oxygens (including phenoxy) is 2. The molecule has 16 heavy (non-hydrogen) atoms. The summed E-state index contributed by atoms with van der Waals surface area (Å²) in [5, 5.41) is 8.95. The van der Waals surface area contributed by atoms with Crippen molar-refractivity contribution in [3.8, 4) is 5.75 Å². The molecule has 1 unspecified atom stereocenters. The molecule has 1 aromatic rings. The number of methoxy groups -OCH3 is 1. The van der Waals surface area contributed by atoms with Crippen molar-refractivity contribution >= 4 is 5.97 Å². The zero-order valence-electron chi connectivity index (χ0n) is 9.47. The Morgan fingerprint density at radius 2 is 2.25 bits per heavy atom. The minimum Gasteiger partial charge on any atom is -0.490 e. The summed E-state index contributed by atoms with van der Waals surface area (Å²) in [5.74, 6) is 0.341. The van der Waals surface area contributed by atoms with Crippen LogP contribution in [0.4, 0.5) is 0 Å². The maximum absolute atomic E-state index is 11.0. The fraction of sp³-hybridized carbons (Fsp3) is 0.417. The van der Waals surface area contributed by atoms with Gasteiger partial charge in [-0.25, -0.2) is 0 Å². The summed E-state index contributed by atoms with van der Waals surface area (Å²) in [4.78, 5) is 11.0. The number of carbonyl (C=O) groups excluding carboxylic acids is 1. The van der Waals surface area contributed by atoms with Crippen LogP contribution in [-0.2, 0) is 16.1 Å². The molecule has 0 spiro atoms. The van der Waals surface area contributed by atoms with E-state index in [4.69, 9.17) is 9.84 Å². The molecule has 0 fully saturated rings. The largest absolute Gasteiger partial charge is 0.490 e. The van der Waals surface area contributed by atoms with E-state index in [1.807, 2.05) is 0 Å². The van der Waals surface area contributed by atoms with Gasteiger partial charge >= 0.3 is 5.97 Å². The van der Waals surface area contributed by atoms with Gasteiger partial charge in [-0.1, -0.05) is 12.1 Å². The van der Waals surface area contributed by atoms with Gasteiger partial charge in [-0.05, 0) is 24.6 Å². The fourth-order valence-corrected chi connectivity index (χ4v) is 1.31. The quantitative estimate of drug-likeness (QED) is 0.770. The molecule has 1 N–H and O–H groups in total. The Bertz CT molecular complexity index is 349. The number of aliphatic hydroxyl groups excluding tert-OH is 1. The Morgan fingerprint density at radius 1 is 1.50 bits per heavy atom. The van der Waals surface area contributed by atoms with Crippen LogP contribution in [-0.4, -0.2) is 24.3 Å². The van der Waals surface area contributed by atoms with Crippen LogP contribution in [0, 0.1) is 0 Å². The first kappa shape index (κ1) is 12.5. The number of aliphatic hydroxyl groups is 1. The molecule has 88 valence electrons. The van der Waals surface area contributed by atoms with E-state index in [0.717, 1.165) is 5.56 Å². The van der Waals surface area contributed by atoms with Crippen LogP contribution >= 0.6 is 0 Å². The molecule has 0 saturated carbocycles. The smallest absolute Gasteiger partial charge is 0.309 e. The Labute approximate surface area is 94.8 Å². The molecule has 0 aliphatic rings. The number of rotatable bonds is 5. The highest BCUT2D eigenvalue weighted by Crippen LogP contribution is 2.16. The maximum Gasteiger partial charge on any atom is 0.309 e. The molecule has 0 aliphatic carbocycles. The summed E-state index contributed by atoms with van der Waals surface area (Å²) in [7, 11) is 1.35. The number of esters is 1. The summed E-state index contributed by atoms with van der Waals surface area (Å²) in [5.41, 5.74) is 0.780. The van der Waals surface area contributed by atoms with Crippen molar-refractivity contribution in [3.05, 3.63) is 29.8 Å². The monoisotopic (exact) mass is 224 g/mol. The van der Waals surface area contributed by atoms with E-state index in [0.29, 0.717) is 5.75 Å². The lowest BCUT2D eigenvalue weighted by Gasteiger charge is -2.13. The molecule has 0 bridgehead atoms. The number of benzene rings is 1. The Morgan fingerprint density at radius 3 is 2.88 bits per heavy atom. The van der Waals surface area contributed by atoms with Crippen molar-refractivity contribution in [2.75, 3.05) is 7.11 Å². The van der Waals surface area contributed by atoms with Crippen LogP contribution in [0.2, 0.25) is 0 Å². The van der Waals surface area contributed by atoms with Gasteiger partial charge in [-0.2, -0.15) is 0 Å². The van der Waals surface area contributed by atoms with Crippen LogP contribution in [0.15, 0.2) is 24.3 Å². The van der Waals surface area contributed by atoms with E-state index in [9.17, 15) is 4.79 Å². The summed E-state index contributed by atoms with van der Waals surface area (Å²) in [6.45, 7) is 1.77. The number of hydrogen-bond acceptors (Lipinski definition) is 4. The zero-order valence-corrected chi connectivity index (χ0v) is 9.47. The van der Waals surface area contributed by atoms with Crippen LogP contribution in [0.3, 0.4) is 0 Å². The van der Waals surface area contributed by atoms with Gasteiger partial charge in [0, 0.05) is 0 Å². The third-order valence-corrected chi connectivity index (χ3v) is 2.10. The van der Waals surface area contributed by atoms with Gasteiger partial charge < -0.3 is 14.6 Å². The van der Waals surface area contributed by atoms with Crippen molar-refractivity contribution in [1.82, 2.24) is 0 Å². The highest BCUT2D eigenvalue weighted by Gasteiger charge is 2.10. The SMILES string of the molecule is COC(=O)CC(C)Oc1cccc(CO)c1. The second-order valence-corrected chi connectivity index (χ2v) is 3.51. The Kier molecular flexibility index (Phi) is 4.79. The molecule has 0 saturated heterocycles. The molecule has 1 aromatic carbocycles. The van der Waals surface area contributed by atoms with Gasteiger partial charge in [0.1, 0.15) is 11.9 Å². The van der Waals surface area contributed by atoms with Gasteiger partial charge in [0.25, 0.3) is 0 Å². The van der Waals surface area contributed by atoms with E-state index in [2.05, 4.69) is 4.74 Å². The molecule has 0 amide bonds. The highest BCUT2D eigenvalue weighted by molar-refractivity contribution is 5.69. The number of carbonyl (C=O) groups is 1. The van der Waals surface area contributed by atoms with Gasteiger partial charge in [0.15, 0.2) is 0 Å². The van der Waals surface area contributed by atoms with Crippen molar-refractivity contribution in [2.45, 2.75) is 26.1 Å². The predicted molar refractivity (Wildman–Crippen MR) is 59.1 cm³/mol. The van der Waals surface area contributed by atoms with Crippen LogP contribution in [0.1, 0.15) is 18.9 Å². The fourth-order valence-electron chi connectivity index (χ4n) is 1.31. The summed E-state index contributed by atoms with van der Waals surface area (Å²) in [6.07, 6.45) is -0.0405. The molecule has 0 heterocycles. The molecule has 1 atom stereocenters. The second kappa shape index (κ2) is 6.12. The summed E-state index contributed by atoms with van der Waals surface area (Å²) < 4.78 is 10.1. The first-order chi connectivity index (χ1) is 7.65. The van der Waals surface area contributed by atoms with Gasteiger partial charge in [-0.3, -0.25) is 4.79 Å². The first-order valence-electron chi connectivity index (χ1n) is 5.09. The minimum absolute atomic E-state index is 0.0252. The highest BCUT2D eigenvalue weighted by atomic mass is 16.5. The number of hydrogen-bond donors (Lipinski definition) is 1. The van der Waals surface area contributed by atoms with Crippen molar-refractivity contribution in [3.63, 3.8) is 0 Å². The molecular weight excluding hydrogens is 208 g/mol. The minimum atomic E-state index is -0.300. The molecule has 4 nitrogen and oxygen atoms in total. The summed E-state index contributed by atoms with van der Waals surface area (Å²) in [6, 6.07) is 7.13. The molecule has 0 radical (unpaired) electrons. The van der Waals surface area contributed by atoms with E-state index < -0.39 is 0 Å². The van der Waals surface area contributed by atoms with Crippen LogP contribution in [0.5, 0.6) is 5.75 Å². The Balaban J connectivity index is 2.55. The van der Waals surface area contributed by atoms with Crippen molar-refractivity contribution in [2.24, 2.45) is 0 Å². The van der Waals surface area contributed by atoms with Crippen LogP contribution in [0.25, 0.3) is 0 Å². The third-order valence-electron chi connectivity index (χ3n) is 2.10. The molecular formula is C12H16O4. The molecule has 1 rings (SSSR count). The first-order valence-corrected chi connectivity index (χ1v) is 5.09. The maximum atomic E-state index is 11.0. The predicted octanol–water partition coefficient (Wildman–Crippen LogP) is 1.51. The Hall–Kier alpha value is -1.55. The topological polar surface area (TPSA) is 55.8 Å². The standard InChI is InChI=1S/C12H16O4/c1-9(6-12(14)15-2)16-11-5-3-4-10(7-11)8-13/h3-5,7,9,13H,6,8H2,1-2H3. The lowest BCUT2D eigenvalue weighted by molar-refractivity contribution is -0.142. The van der Waals surface area contributed by atoms with Gasteiger partial charge in [0.2, 0.25) is 0 Å². The van der Waals surface area contributed by atoms with E-state index in [-0.39, 0.29) is 25.1 Å². The van der Waals surface area contributed by atoms with E-state index in [1.54, 1.807) is 31.2 Å². The zero-order chi connectivity index (χ0) is 12.0. The van der Waals surface area contributed by atoms with E-state index >= 15 is 0 Å². The normalized spacial score (nSPS) is 11.9. The lowest BCUT2D eigenvalue weighted by atomic mass is 10.2. The van der Waals surface area contributed by atoms with E-state index in [1.165, 1.54) is 7.11 Å². The lowest BCUT2D eigenvalue weighted by Crippen LogP contribution is -2.17.